The number of likely N-dealkylation sites (tertiary alicyclic amines) is 1. The first-order valence-electron chi connectivity index (χ1n) is 13.7. The van der Waals surface area contributed by atoms with Gasteiger partial charge in [-0.25, -0.2) is 15.0 Å². The number of halogens is 3. The number of amides is 1. The number of aromatic nitrogens is 3. The molecule has 3 aliphatic heterocycles. The molecule has 3 aliphatic rings. The number of carbonyl (C=O) groups is 1. The number of hydrogen-bond acceptors (Lipinski definition) is 9. The number of carbonyl (C=O) groups excluding carboxylic acids is 1. The van der Waals surface area contributed by atoms with E-state index in [9.17, 15) is 18.0 Å². The fraction of sp³-hybridized carbons (Fsp3) is 0.593. The highest BCUT2D eigenvalue weighted by atomic mass is 19.4. The zero-order valence-corrected chi connectivity index (χ0v) is 23.7. The summed E-state index contributed by atoms with van der Waals surface area (Å²) in [6.07, 6.45) is -2.47. The molecular weight excluding hydrogens is 541 g/mol. The summed E-state index contributed by atoms with van der Waals surface area (Å²) in [6.45, 7) is 8.74. The monoisotopic (exact) mass is 576 g/mol. The third kappa shape index (κ3) is 5.36. The van der Waals surface area contributed by atoms with Gasteiger partial charge in [-0.1, -0.05) is 0 Å². The third-order valence-electron chi connectivity index (χ3n) is 7.71. The molecule has 1 unspecified atom stereocenters. The van der Waals surface area contributed by atoms with E-state index in [2.05, 4.69) is 25.2 Å². The second-order valence-electron chi connectivity index (χ2n) is 11.2. The van der Waals surface area contributed by atoms with Crippen molar-refractivity contribution in [3.05, 3.63) is 29.7 Å². The molecule has 2 saturated heterocycles. The average Bonchev–Trinajstić information content (AvgIpc) is 3.49. The predicted molar refractivity (Wildman–Crippen MR) is 147 cm³/mol. The van der Waals surface area contributed by atoms with Crippen molar-refractivity contribution in [2.45, 2.75) is 77.0 Å². The number of nitrogens with one attached hydrogen (secondary N) is 2. The maximum atomic E-state index is 13.7. The number of nitrogens with zero attached hydrogens (tertiary/aromatic N) is 6. The summed E-state index contributed by atoms with van der Waals surface area (Å²) in [5.41, 5.74) is 0.133. The van der Waals surface area contributed by atoms with E-state index in [-0.39, 0.29) is 43.5 Å². The van der Waals surface area contributed by atoms with Gasteiger partial charge in [0.1, 0.15) is 23.5 Å². The standard InChI is InChI=1S/C27H35F3N8O3/c1-15-12-36(13-16(2)41-15)20-9-8-17(11-33-20)38-23-21(26(3,4)24(38)39)22(32-5)34-19(35-23)14-40-25(31)37-10-6-7-18(37)27(28,29)30/h8-9,11,15-16,18,31H,6-7,10,12-14H2,1-5H3,(H,32,34,35)/t15-,16+,18?. The second-order valence-corrected chi connectivity index (χ2v) is 11.2. The highest BCUT2D eigenvalue weighted by Crippen LogP contribution is 2.47. The van der Waals surface area contributed by atoms with Crippen molar-refractivity contribution in [1.82, 2.24) is 19.9 Å². The molecule has 41 heavy (non-hydrogen) atoms. The summed E-state index contributed by atoms with van der Waals surface area (Å²) in [4.78, 5) is 31.9. The molecule has 0 radical (unpaired) electrons. The van der Waals surface area contributed by atoms with Gasteiger partial charge in [0.25, 0.3) is 6.02 Å². The fourth-order valence-corrected chi connectivity index (χ4v) is 5.83. The van der Waals surface area contributed by atoms with Gasteiger partial charge in [-0.3, -0.25) is 15.1 Å². The van der Waals surface area contributed by atoms with Crippen molar-refractivity contribution in [1.29, 1.82) is 5.41 Å². The number of anilines is 4. The van der Waals surface area contributed by atoms with Gasteiger partial charge in [0.2, 0.25) is 5.91 Å². The number of pyridine rings is 1. The lowest BCUT2D eigenvalue weighted by molar-refractivity contribution is -0.169. The molecule has 11 nitrogen and oxygen atoms in total. The number of ether oxygens (including phenoxy) is 2. The smallest absolute Gasteiger partial charge is 0.408 e. The Balaban J connectivity index is 1.41. The van der Waals surface area contributed by atoms with Gasteiger partial charge in [0, 0.05) is 26.7 Å². The molecular formula is C27H35F3N8O3. The highest BCUT2D eigenvalue weighted by Gasteiger charge is 2.49. The largest absolute Gasteiger partial charge is 0.457 e. The zero-order chi connectivity index (χ0) is 29.7. The number of morpholine rings is 1. The van der Waals surface area contributed by atoms with Crippen LogP contribution < -0.4 is 15.1 Å². The van der Waals surface area contributed by atoms with Crippen LogP contribution in [0.2, 0.25) is 0 Å². The Morgan fingerprint density at radius 1 is 1.22 bits per heavy atom. The maximum Gasteiger partial charge on any atom is 0.408 e. The normalized spacial score (nSPS) is 24.0. The lowest BCUT2D eigenvalue weighted by Crippen LogP contribution is -2.45. The minimum Gasteiger partial charge on any atom is -0.457 e. The van der Waals surface area contributed by atoms with E-state index in [0.717, 1.165) is 10.7 Å². The molecule has 0 aromatic carbocycles. The van der Waals surface area contributed by atoms with Gasteiger partial charge in [-0.2, -0.15) is 13.2 Å². The predicted octanol–water partition coefficient (Wildman–Crippen LogP) is 3.96. The zero-order valence-electron chi connectivity index (χ0n) is 23.7. The summed E-state index contributed by atoms with van der Waals surface area (Å²) in [7, 11) is 1.66. The molecule has 5 rings (SSSR count). The van der Waals surface area contributed by atoms with E-state index in [0.29, 0.717) is 42.4 Å². The van der Waals surface area contributed by atoms with Crippen LogP contribution in [0.15, 0.2) is 18.3 Å². The lowest BCUT2D eigenvalue weighted by atomic mass is 9.87. The van der Waals surface area contributed by atoms with Gasteiger partial charge in [-0.15, -0.1) is 0 Å². The average molecular weight is 577 g/mol. The molecule has 1 amide bonds. The molecule has 2 aromatic rings. The molecule has 222 valence electrons. The Bertz CT molecular complexity index is 1310. The number of rotatable bonds is 5. The van der Waals surface area contributed by atoms with Gasteiger partial charge in [0.15, 0.2) is 12.4 Å². The van der Waals surface area contributed by atoms with Crippen molar-refractivity contribution in [3.63, 3.8) is 0 Å². The Kier molecular flexibility index (Phi) is 7.47. The third-order valence-corrected chi connectivity index (χ3v) is 7.71. The highest BCUT2D eigenvalue weighted by molar-refractivity contribution is 6.12. The quantitative estimate of drug-likeness (QED) is 0.403. The van der Waals surface area contributed by atoms with Gasteiger partial charge in [0.05, 0.1) is 35.1 Å². The topological polar surface area (TPSA) is 120 Å². The maximum absolute atomic E-state index is 13.7. The first kappa shape index (κ1) is 28.8. The van der Waals surface area contributed by atoms with Gasteiger partial charge >= 0.3 is 6.18 Å². The van der Waals surface area contributed by atoms with E-state index in [1.165, 1.54) is 4.90 Å². The van der Waals surface area contributed by atoms with Crippen LogP contribution in [-0.2, 0) is 26.3 Å². The van der Waals surface area contributed by atoms with E-state index in [1.807, 2.05) is 26.0 Å². The summed E-state index contributed by atoms with van der Waals surface area (Å²) in [5, 5.41) is 11.2. The molecule has 14 heteroatoms. The van der Waals surface area contributed by atoms with Crippen LogP contribution in [-0.4, -0.2) is 82.9 Å². The van der Waals surface area contributed by atoms with E-state index >= 15 is 0 Å². The Morgan fingerprint density at radius 3 is 2.54 bits per heavy atom. The van der Waals surface area contributed by atoms with Crippen molar-refractivity contribution < 1.29 is 27.4 Å². The Morgan fingerprint density at radius 2 is 1.93 bits per heavy atom. The number of hydrogen-bond donors (Lipinski definition) is 2. The van der Waals surface area contributed by atoms with Crippen LogP contribution >= 0.6 is 0 Å². The van der Waals surface area contributed by atoms with E-state index in [1.54, 1.807) is 27.1 Å². The minimum absolute atomic E-state index is 0.0664. The van der Waals surface area contributed by atoms with Crippen molar-refractivity contribution in [3.8, 4) is 0 Å². The second kappa shape index (κ2) is 10.6. The van der Waals surface area contributed by atoms with Crippen LogP contribution in [0.25, 0.3) is 0 Å². The van der Waals surface area contributed by atoms with Crippen LogP contribution in [0.5, 0.6) is 0 Å². The molecule has 3 atom stereocenters. The van der Waals surface area contributed by atoms with Crippen LogP contribution in [0.1, 0.15) is 51.9 Å². The lowest BCUT2D eigenvalue weighted by Gasteiger charge is -2.36. The molecule has 0 bridgehead atoms. The first-order chi connectivity index (χ1) is 19.3. The van der Waals surface area contributed by atoms with Crippen LogP contribution in [0.4, 0.5) is 36.3 Å². The molecule has 0 aliphatic carbocycles. The molecule has 0 saturated carbocycles. The van der Waals surface area contributed by atoms with Crippen molar-refractivity contribution in [2.24, 2.45) is 0 Å². The van der Waals surface area contributed by atoms with Gasteiger partial charge < -0.3 is 24.6 Å². The summed E-state index contributed by atoms with van der Waals surface area (Å²) < 4.78 is 51.4. The van der Waals surface area contributed by atoms with Gasteiger partial charge in [-0.05, 0) is 52.7 Å². The van der Waals surface area contributed by atoms with Crippen molar-refractivity contribution in [2.75, 3.05) is 41.8 Å². The molecule has 2 aromatic heterocycles. The first-order valence-corrected chi connectivity index (χ1v) is 13.7. The SMILES string of the molecule is CNc1nc(COC(=N)N2CCCC2C(F)(F)F)nc2c1C(C)(C)C(=O)N2c1ccc(N2C[C@@H](C)O[C@@H](C)C2)nc1. The fourth-order valence-electron chi connectivity index (χ4n) is 5.83. The number of alkyl halides is 3. The minimum atomic E-state index is -4.45. The molecule has 2 N–H and O–H groups in total. The van der Waals surface area contributed by atoms with E-state index < -0.39 is 23.7 Å². The van der Waals surface area contributed by atoms with Crippen LogP contribution in [0, 0.1) is 5.41 Å². The molecule has 2 fully saturated rings. The summed E-state index contributed by atoms with van der Waals surface area (Å²) in [5.74, 6) is 1.40. The van der Waals surface area contributed by atoms with E-state index in [4.69, 9.17) is 14.9 Å². The van der Waals surface area contributed by atoms with Crippen molar-refractivity contribution >= 4 is 35.1 Å². The Hall–Kier alpha value is -3.68. The molecule has 0 spiro atoms. The molecule has 5 heterocycles. The number of amidine groups is 1. The number of fused-ring (bicyclic) bond motifs is 1. The summed E-state index contributed by atoms with van der Waals surface area (Å²) in [6, 6.07) is 1.34. The summed E-state index contributed by atoms with van der Waals surface area (Å²) >= 11 is 0. The van der Waals surface area contributed by atoms with Crippen LogP contribution in [0.3, 0.4) is 0 Å². The Labute approximate surface area is 236 Å².